The molecule has 0 aromatic carbocycles. The summed E-state index contributed by atoms with van der Waals surface area (Å²) in [7, 11) is 0. The van der Waals surface area contributed by atoms with Crippen LogP contribution in [0.2, 0.25) is 0 Å². The summed E-state index contributed by atoms with van der Waals surface area (Å²) in [5, 5.41) is 0. The monoisotopic (exact) mass is 321 g/mol. The molecule has 0 unspecified atom stereocenters. The first-order valence-corrected chi connectivity index (χ1v) is 5.88. The first-order chi connectivity index (χ1) is 6.65. The molecule has 0 aliphatic rings. The standard InChI is InChI=1S/C9H9Br2NO2/c1-2-14-9(13)7-3-6(8(10)11)4-12-5-7/h3-5,8H,2H2,1H3. The summed E-state index contributed by atoms with van der Waals surface area (Å²) in [6.45, 7) is 2.14. The minimum atomic E-state index is -0.345. The van der Waals surface area contributed by atoms with E-state index in [1.54, 1.807) is 19.2 Å². The van der Waals surface area contributed by atoms with Gasteiger partial charge in [-0.15, -0.1) is 0 Å². The molecule has 0 aliphatic heterocycles. The van der Waals surface area contributed by atoms with Crippen molar-refractivity contribution in [3.05, 3.63) is 29.6 Å². The number of ether oxygens (including phenoxy) is 1. The first-order valence-electron chi connectivity index (χ1n) is 4.05. The maximum absolute atomic E-state index is 11.3. The first kappa shape index (κ1) is 11.7. The van der Waals surface area contributed by atoms with Crippen molar-refractivity contribution in [1.29, 1.82) is 0 Å². The smallest absolute Gasteiger partial charge is 0.339 e. The molecular weight excluding hydrogens is 314 g/mol. The van der Waals surface area contributed by atoms with Crippen molar-refractivity contribution in [2.75, 3.05) is 6.61 Å². The van der Waals surface area contributed by atoms with E-state index < -0.39 is 0 Å². The third-order valence-corrected chi connectivity index (χ3v) is 2.58. The van der Waals surface area contributed by atoms with E-state index in [0.717, 1.165) is 5.56 Å². The molecule has 0 fully saturated rings. The highest BCUT2D eigenvalue weighted by Crippen LogP contribution is 2.28. The average Bonchev–Trinajstić information content (AvgIpc) is 2.18. The molecule has 5 heteroatoms. The Morgan fingerprint density at radius 1 is 1.57 bits per heavy atom. The summed E-state index contributed by atoms with van der Waals surface area (Å²) in [6.07, 6.45) is 3.17. The molecule has 1 rings (SSSR count). The van der Waals surface area contributed by atoms with Crippen LogP contribution in [0.4, 0.5) is 0 Å². The second-order valence-electron chi connectivity index (χ2n) is 2.53. The van der Waals surface area contributed by atoms with Crippen LogP contribution in [0.15, 0.2) is 18.5 Å². The Balaban J connectivity index is 2.88. The number of rotatable bonds is 3. The Kier molecular flexibility index (Phi) is 4.54. The zero-order valence-corrected chi connectivity index (χ0v) is 10.7. The van der Waals surface area contributed by atoms with Gasteiger partial charge in [-0.2, -0.15) is 0 Å². The maximum atomic E-state index is 11.3. The van der Waals surface area contributed by atoms with E-state index >= 15 is 0 Å². The van der Waals surface area contributed by atoms with E-state index in [9.17, 15) is 4.79 Å². The summed E-state index contributed by atoms with van der Waals surface area (Å²) in [5.74, 6) is -0.345. The predicted octanol–water partition coefficient (Wildman–Crippen LogP) is 3.05. The number of carbonyl (C=O) groups excluding carboxylic acids is 1. The van der Waals surface area contributed by atoms with Crippen LogP contribution in [-0.4, -0.2) is 17.6 Å². The van der Waals surface area contributed by atoms with E-state index in [1.807, 2.05) is 0 Å². The fourth-order valence-corrected chi connectivity index (χ4v) is 1.40. The van der Waals surface area contributed by atoms with Gasteiger partial charge in [0, 0.05) is 12.4 Å². The van der Waals surface area contributed by atoms with Gasteiger partial charge in [0.25, 0.3) is 0 Å². The number of halogens is 2. The third-order valence-electron chi connectivity index (χ3n) is 1.52. The van der Waals surface area contributed by atoms with Crippen LogP contribution in [0, 0.1) is 0 Å². The Hall–Kier alpha value is -0.420. The van der Waals surface area contributed by atoms with Gasteiger partial charge in [0.05, 0.1) is 15.9 Å². The number of hydrogen-bond acceptors (Lipinski definition) is 3. The Bertz CT molecular complexity index is 328. The topological polar surface area (TPSA) is 39.2 Å². The molecule has 1 heterocycles. The van der Waals surface area contributed by atoms with Crippen molar-refractivity contribution in [3.8, 4) is 0 Å². The summed E-state index contributed by atoms with van der Waals surface area (Å²) in [5.41, 5.74) is 1.35. The number of alkyl halides is 2. The molecule has 0 amide bonds. The van der Waals surface area contributed by atoms with Crippen LogP contribution in [0.3, 0.4) is 0 Å². The van der Waals surface area contributed by atoms with Crippen LogP contribution in [0.5, 0.6) is 0 Å². The SMILES string of the molecule is CCOC(=O)c1cncc(C(Br)Br)c1. The molecule has 0 N–H and O–H groups in total. The lowest BCUT2D eigenvalue weighted by atomic mass is 10.2. The molecule has 0 saturated heterocycles. The minimum Gasteiger partial charge on any atom is -0.462 e. The average molecular weight is 323 g/mol. The molecule has 0 atom stereocenters. The zero-order valence-electron chi connectivity index (χ0n) is 7.54. The maximum Gasteiger partial charge on any atom is 0.339 e. The van der Waals surface area contributed by atoms with Crippen molar-refractivity contribution in [2.45, 2.75) is 10.7 Å². The second kappa shape index (κ2) is 5.46. The van der Waals surface area contributed by atoms with Crippen molar-refractivity contribution in [1.82, 2.24) is 4.98 Å². The Morgan fingerprint density at radius 3 is 2.86 bits per heavy atom. The van der Waals surface area contributed by atoms with Crippen molar-refractivity contribution >= 4 is 37.8 Å². The van der Waals surface area contributed by atoms with E-state index in [1.165, 1.54) is 6.20 Å². The molecule has 3 nitrogen and oxygen atoms in total. The quantitative estimate of drug-likeness (QED) is 0.634. The van der Waals surface area contributed by atoms with Crippen LogP contribution in [0.25, 0.3) is 0 Å². The highest BCUT2D eigenvalue weighted by molar-refractivity contribution is 9.24. The summed E-state index contributed by atoms with van der Waals surface area (Å²) in [4.78, 5) is 15.3. The summed E-state index contributed by atoms with van der Waals surface area (Å²) in [6, 6.07) is 1.74. The van der Waals surface area contributed by atoms with Crippen LogP contribution >= 0.6 is 31.9 Å². The lowest BCUT2D eigenvalue weighted by Gasteiger charge is -2.04. The molecule has 0 radical (unpaired) electrons. The fraction of sp³-hybridized carbons (Fsp3) is 0.333. The predicted molar refractivity (Wildman–Crippen MR) is 60.8 cm³/mol. The van der Waals surface area contributed by atoms with Gasteiger partial charge in [-0.25, -0.2) is 4.79 Å². The highest BCUT2D eigenvalue weighted by atomic mass is 79.9. The van der Waals surface area contributed by atoms with Gasteiger partial charge >= 0.3 is 5.97 Å². The molecule has 0 bridgehead atoms. The van der Waals surface area contributed by atoms with Crippen LogP contribution in [0.1, 0.15) is 26.6 Å². The van der Waals surface area contributed by atoms with Crippen LogP contribution in [-0.2, 0) is 4.74 Å². The largest absolute Gasteiger partial charge is 0.462 e. The number of nitrogens with zero attached hydrogens (tertiary/aromatic N) is 1. The molecule has 1 aromatic rings. The minimum absolute atomic E-state index is 0.00289. The number of pyridine rings is 1. The van der Waals surface area contributed by atoms with E-state index in [4.69, 9.17) is 4.74 Å². The van der Waals surface area contributed by atoms with E-state index in [-0.39, 0.29) is 9.71 Å². The van der Waals surface area contributed by atoms with Crippen molar-refractivity contribution in [2.24, 2.45) is 0 Å². The van der Waals surface area contributed by atoms with Gasteiger partial charge in [0.15, 0.2) is 0 Å². The Morgan fingerprint density at radius 2 is 2.29 bits per heavy atom. The van der Waals surface area contributed by atoms with Crippen molar-refractivity contribution < 1.29 is 9.53 Å². The van der Waals surface area contributed by atoms with E-state index in [2.05, 4.69) is 36.8 Å². The summed E-state index contributed by atoms with van der Waals surface area (Å²) < 4.78 is 4.85. The summed E-state index contributed by atoms with van der Waals surface area (Å²) >= 11 is 6.66. The van der Waals surface area contributed by atoms with Crippen molar-refractivity contribution in [3.63, 3.8) is 0 Å². The van der Waals surface area contributed by atoms with E-state index in [0.29, 0.717) is 12.2 Å². The molecular formula is C9H9Br2NO2. The molecule has 0 saturated carbocycles. The zero-order chi connectivity index (χ0) is 10.6. The third kappa shape index (κ3) is 3.06. The normalized spacial score (nSPS) is 10.3. The van der Waals surface area contributed by atoms with Gasteiger partial charge in [-0.1, -0.05) is 31.9 Å². The number of hydrogen-bond donors (Lipinski definition) is 0. The van der Waals surface area contributed by atoms with Gasteiger partial charge in [-0.05, 0) is 18.6 Å². The van der Waals surface area contributed by atoms with Gasteiger partial charge in [-0.3, -0.25) is 4.98 Å². The van der Waals surface area contributed by atoms with Gasteiger partial charge < -0.3 is 4.74 Å². The molecule has 0 aliphatic carbocycles. The molecule has 1 aromatic heterocycles. The number of aromatic nitrogens is 1. The van der Waals surface area contributed by atoms with Gasteiger partial charge in [0.1, 0.15) is 0 Å². The second-order valence-corrected chi connectivity index (χ2v) is 5.59. The fourth-order valence-electron chi connectivity index (χ4n) is 0.903. The molecule has 14 heavy (non-hydrogen) atoms. The van der Waals surface area contributed by atoms with Gasteiger partial charge in [0.2, 0.25) is 0 Å². The highest BCUT2D eigenvalue weighted by Gasteiger charge is 2.10. The van der Waals surface area contributed by atoms with Crippen LogP contribution < -0.4 is 0 Å². The lowest BCUT2D eigenvalue weighted by molar-refractivity contribution is 0.0526. The molecule has 76 valence electrons. The number of esters is 1. The lowest BCUT2D eigenvalue weighted by Crippen LogP contribution is -2.05. The Labute approximate surface area is 99.1 Å². The molecule has 0 spiro atoms. The number of carbonyl (C=O) groups is 1.